The molecule has 1 N–H and O–H groups in total. The molecule has 2 aromatic carbocycles. The van der Waals surface area contributed by atoms with Crippen molar-refractivity contribution in [2.24, 2.45) is 0 Å². The van der Waals surface area contributed by atoms with Gasteiger partial charge in [0.15, 0.2) is 0 Å². The summed E-state index contributed by atoms with van der Waals surface area (Å²) in [7, 11) is 3.44. The van der Waals surface area contributed by atoms with E-state index >= 15 is 0 Å². The van der Waals surface area contributed by atoms with Gasteiger partial charge >= 0.3 is 0 Å². The van der Waals surface area contributed by atoms with Gasteiger partial charge in [0, 0.05) is 37.3 Å². The summed E-state index contributed by atoms with van der Waals surface area (Å²) in [5.74, 6) is 0.416. The Kier molecular flexibility index (Phi) is 6.32. The van der Waals surface area contributed by atoms with Gasteiger partial charge in [0.2, 0.25) is 0 Å². The number of hydrogen-bond donors (Lipinski definition) is 1. The fourth-order valence-electron chi connectivity index (χ4n) is 4.14. The summed E-state index contributed by atoms with van der Waals surface area (Å²) in [6, 6.07) is 16.3. The molecule has 1 amide bonds. The zero-order valence-corrected chi connectivity index (χ0v) is 17.8. The van der Waals surface area contributed by atoms with Crippen molar-refractivity contribution >= 4 is 5.91 Å². The van der Waals surface area contributed by atoms with E-state index in [1.165, 1.54) is 6.07 Å². The zero-order valence-electron chi connectivity index (χ0n) is 17.8. The highest BCUT2D eigenvalue weighted by atomic mass is 19.1. The molecular weight excluding hydrogens is 395 g/mol. The maximum atomic E-state index is 14.0. The molecule has 1 aliphatic heterocycles. The lowest BCUT2D eigenvalue weighted by atomic mass is 10.0. The summed E-state index contributed by atoms with van der Waals surface area (Å²) >= 11 is 0. The van der Waals surface area contributed by atoms with Crippen LogP contribution in [-0.2, 0) is 6.54 Å². The molecule has 1 fully saturated rings. The van der Waals surface area contributed by atoms with Gasteiger partial charge in [-0.15, -0.1) is 0 Å². The van der Waals surface area contributed by atoms with E-state index in [-0.39, 0.29) is 17.8 Å². The van der Waals surface area contributed by atoms with Crippen LogP contribution in [0.5, 0.6) is 5.75 Å². The standard InChI is InChI=1S/C24H27FN4O2/c1-28(18-9-7-13-29(16-18)15-17-8-3-5-11-20(17)25)24(30)22-14-21(26-27-22)19-10-4-6-12-23(19)31-2/h3-6,8,10-12,14,18H,7,9,13,15-16H2,1-2H3,(H,26,27). The smallest absolute Gasteiger partial charge is 0.271 e. The maximum Gasteiger partial charge on any atom is 0.271 e. The Morgan fingerprint density at radius 2 is 2.03 bits per heavy atom. The van der Waals surface area contributed by atoms with Crippen molar-refractivity contribution in [1.29, 1.82) is 0 Å². The Bertz CT molecular complexity index is 1050. The Balaban J connectivity index is 1.44. The van der Waals surface area contributed by atoms with Gasteiger partial charge in [-0.1, -0.05) is 30.3 Å². The minimum atomic E-state index is -0.185. The van der Waals surface area contributed by atoms with E-state index in [0.717, 1.165) is 24.9 Å². The van der Waals surface area contributed by atoms with Crippen molar-refractivity contribution in [2.75, 3.05) is 27.2 Å². The number of carbonyl (C=O) groups excluding carboxylic acids is 1. The molecule has 31 heavy (non-hydrogen) atoms. The van der Waals surface area contributed by atoms with E-state index in [4.69, 9.17) is 4.74 Å². The highest BCUT2D eigenvalue weighted by molar-refractivity contribution is 5.93. The highest BCUT2D eigenvalue weighted by Gasteiger charge is 2.28. The summed E-state index contributed by atoms with van der Waals surface area (Å²) in [6.45, 7) is 2.16. The molecule has 3 aromatic rings. The van der Waals surface area contributed by atoms with Crippen molar-refractivity contribution in [3.05, 3.63) is 71.7 Å². The van der Waals surface area contributed by atoms with E-state index in [9.17, 15) is 9.18 Å². The molecule has 1 aliphatic rings. The number of nitrogens with one attached hydrogen (secondary N) is 1. The largest absolute Gasteiger partial charge is 0.496 e. The lowest BCUT2D eigenvalue weighted by Crippen LogP contribution is -2.48. The van der Waals surface area contributed by atoms with Crippen LogP contribution in [0.1, 0.15) is 28.9 Å². The molecule has 0 saturated carbocycles. The van der Waals surface area contributed by atoms with Gasteiger partial charge in [-0.25, -0.2) is 4.39 Å². The number of H-pyrrole nitrogens is 1. The number of amides is 1. The van der Waals surface area contributed by atoms with Gasteiger partial charge in [0.05, 0.1) is 12.8 Å². The number of methoxy groups -OCH3 is 1. The van der Waals surface area contributed by atoms with Gasteiger partial charge in [-0.3, -0.25) is 14.8 Å². The first-order valence-corrected chi connectivity index (χ1v) is 10.5. The summed E-state index contributed by atoms with van der Waals surface area (Å²) in [5.41, 5.74) is 2.62. The van der Waals surface area contributed by atoms with Crippen molar-refractivity contribution in [3.8, 4) is 17.0 Å². The van der Waals surface area contributed by atoms with Crippen LogP contribution < -0.4 is 4.74 Å². The second kappa shape index (κ2) is 9.31. The number of aromatic nitrogens is 2. The van der Waals surface area contributed by atoms with E-state index in [2.05, 4.69) is 15.1 Å². The van der Waals surface area contributed by atoms with Crippen molar-refractivity contribution in [2.45, 2.75) is 25.4 Å². The maximum absolute atomic E-state index is 14.0. The minimum Gasteiger partial charge on any atom is -0.496 e. The van der Waals surface area contributed by atoms with E-state index in [1.807, 2.05) is 43.4 Å². The number of benzene rings is 2. The van der Waals surface area contributed by atoms with Gasteiger partial charge in [0.1, 0.15) is 17.3 Å². The molecule has 1 saturated heterocycles. The lowest BCUT2D eigenvalue weighted by Gasteiger charge is -2.37. The molecule has 0 radical (unpaired) electrons. The summed E-state index contributed by atoms with van der Waals surface area (Å²) in [6.07, 6.45) is 1.88. The normalized spacial score (nSPS) is 16.8. The van der Waals surface area contributed by atoms with Crippen LogP contribution in [0.2, 0.25) is 0 Å². The summed E-state index contributed by atoms with van der Waals surface area (Å²) in [4.78, 5) is 17.1. The number of rotatable bonds is 6. The van der Waals surface area contributed by atoms with Crippen molar-refractivity contribution < 1.29 is 13.9 Å². The quantitative estimate of drug-likeness (QED) is 0.653. The lowest BCUT2D eigenvalue weighted by molar-refractivity contribution is 0.0602. The predicted octanol–water partition coefficient (Wildman–Crippen LogP) is 3.96. The minimum absolute atomic E-state index is 0.0611. The van der Waals surface area contributed by atoms with Crippen molar-refractivity contribution in [3.63, 3.8) is 0 Å². The van der Waals surface area contributed by atoms with Gasteiger partial charge < -0.3 is 9.64 Å². The molecular formula is C24H27FN4O2. The highest BCUT2D eigenvalue weighted by Crippen LogP contribution is 2.29. The molecule has 0 bridgehead atoms. The van der Waals surface area contributed by atoms with Crippen molar-refractivity contribution in [1.82, 2.24) is 20.0 Å². The van der Waals surface area contributed by atoms with Crippen LogP contribution in [0.25, 0.3) is 11.3 Å². The van der Waals surface area contributed by atoms with Gasteiger partial charge in [0.25, 0.3) is 5.91 Å². The predicted molar refractivity (Wildman–Crippen MR) is 117 cm³/mol. The Hall–Kier alpha value is -3.19. The number of para-hydroxylation sites is 1. The molecule has 4 rings (SSSR count). The van der Waals surface area contributed by atoms with Crippen LogP contribution in [0, 0.1) is 5.82 Å². The molecule has 2 heterocycles. The van der Waals surface area contributed by atoms with E-state index in [1.54, 1.807) is 24.1 Å². The fourth-order valence-corrected chi connectivity index (χ4v) is 4.14. The third-order valence-corrected chi connectivity index (χ3v) is 5.89. The number of aromatic amines is 1. The molecule has 0 spiro atoms. The fraction of sp³-hybridized carbons (Fsp3) is 0.333. The number of piperidine rings is 1. The molecule has 7 heteroatoms. The van der Waals surface area contributed by atoms with Crippen LogP contribution in [-0.4, -0.2) is 59.2 Å². The number of likely N-dealkylation sites (N-methyl/N-ethyl adjacent to an activating group) is 1. The number of nitrogens with zero attached hydrogens (tertiary/aromatic N) is 3. The van der Waals surface area contributed by atoms with Crippen LogP contribution in [0.3, 0.4) is 0 Å². The van der Waals surface area contributed by atoms with Crippen LogP contribution in [0.4, 0.5) is 4.39 Å². The second-order valence-electron chi connectivity index (χ2n) is 7.91. The summed E-state index contributed by atoms with van der Waals surface area (Å²) < 4.78 is 19.4. The van der Waals surface area contributed by atoms with Crippen LogP contribution in [0.15, 0.2) is 54.6 Å². The number of hydrogen-bond acceptors (Lipinski definition) is 4. The first-order chi connectivity index (χ1) is 15.1. The third kappa shape index (κ3) is 4.61. The Morgan fingerprint density at radius 1 is 1.26 bits per heavy atom. The SMILES string of the molecule is COc1ccccc1-c1cc(C(=O)N(C)C2CCCN(Cc3ccccc3F)C2)[nH]n1. The van der Waals surface area contributed by atoms with E-state index in [0.29, 0.717) is 35.8 Å². The Morgan fingerprint density at radius 3 is 2.84 bits per heavy atom. The second-order valence-corrected chi connectivity index (χ2v) is 7.91. The molecule has 1 atom stereocenters. The number of halogens is 1. The van der Waals surface area contributed by atoms with Gasteiger partial charge in [-0.2, -0.15) is 5.10 Å². The number of carbonyl (C=O) groups is 1. The van der Waals surface area contributed by atoms with Crippen LogP contribution >= 0.6 is 0 Å². The number of ether oxygens (including phenoxy) is 1. The number of likely N-dealkylation sites (tertiary alicyclic amines) is 1. The first kappa shape index (κ1) is 21.1. The third-order valence-electron chi connectivity index (χ3n) is 5.89. The molecule has 6 nitrogen and oxygen atoms in total. The average molecular weight is 423 g/mol. The molecule has 1 unspecified atom stereocenters. The molecule has 162 valence electrons. The topological polar surface area (TPSA) is 61.5 Å². The first-order valence-electron chi connectivity index (χ1n) is 10.5. The molecule has 1 aromatic heterocycles. The van der Waals surface area contributed by atoms with E-state index < -0.39 is 0 Å². The summed E-state index contributed by atoms with van der Waals surface area (Å²) in [5, 5.41) is 7.19. The molecule has 0 aliphatic carbocycles. The zero-order chi connectivity index (χ0) is 21.8. The Labute approximate surface area is 181 Å². The average Bonchev–Trinajstić information content (AvgIpc) is 3.30. The van der Waals surface area contributed by atoms with Gasteiger partial charge in [-0.05, 0) is 43.7 Å². The monoisotopic (exact) mass is 422 g/mol.